The zero-order valence-electron chi connectivity index (χ0n) is 13.9. The summed E-state index contributed by atoms with van der Waals surface area (Å²) < 4.78 is 1.55. The molecule has 0 bridgehead atoms. The Balaban J connectivity index is 1.70. The van der Waals surface area contributed by atoms with Gasteiger partial charge in [0, 0.05) is 4.88 Å². The van der Waals surface area contributed by atoms with Crippen LogP contribution in [0.3, 0.4) is 0 Å². The molecule has 0 saturated carbocycles. The summed E-state index contributed by atoms with van der Waals surface area (Å²) in [4.78, 5) is 19.5. The molecule has 2 heterocycles. The van der Waals surface area contributed by atoms with Crippen LogP contribution < -0.4 is 5.56 Å². The smallest absolute Gasteiger partial charge is 0.262 e. The molecule has 124 valence electrons. The molecule has 0 unspecified atom stereocenters. The molecular weight excluding hydrogens is 320 g/mol. The van der Waals surface area contributed by atoms with Gasteiger partial charge >= 0.3 is 0 Å². The molecule has 3 aromatic rings. The summed E-state index contributed by atoms with van der Waals surface area (Å²) in [5.41, 5.74) is 4.33. The molecule has 1 atom stereocenters. The molecular formula is C19H20N2O2S. The van der Waals surface area contributed by atoms with Crippen LogP contribution in [0.15, 0.2) is 29.3 Å². The number of benzene rings is 1. The van der Waals surface area contributed by atoms with Crippen molar-refractivity contribution in [2.75, 3.05) is 0 Å². The Morgan fingerprint density at radius 1 is 1.29 bits per heavy atom. The van der Waals surface area contributed by atoms with Crippen molar-refractivity contribution in [2.24, 2.45) is 0 Å². The van der Waals surface area contributed by atoms with Gasteiger partial charge < -0.3 is 5.11 Å². The standard InChI is InChI=1S/C19H20N2O2S/c1-11-6-7-13(8-12(11)2)15(22)9-21-10-20-18-17(19(21)23)14-4-3-5-16(14)24-18/h6-8,10,15,22H,3-5,9H2,1-2H3/t15-/m0/s1. The Labute approximate surface area is 144 Å². The monoisotopic (exact) mass is 340 g/mol. The van der Waals surface area contributed by atoms with Gasteiger partial charge in [0.25, 0.3) is 5.56 Å². The van der Waals surface area contributed by atoms with E-state index >= 15 is 0 Å². The van der Waals surface area contributed by atoms with Gasteiger partial charge in [-0.1, -0.05) is 18.2 Å². The Morgan fingerprint density at radius 2 is 2.12 bits per heavy atom. The van der Waals surface area contributed by atoms with E-state index in [2.05, 4.69) is 4.98 Å². The first-order valence-corrected chi connectivity index (χ1v) is 9.11. The third-order valence-electron chi connectivity index (χ3n) is 4.98. The molecule has 1 aliphatic rings. The van der Waals surface area contributed by atoms with Crippen molar-refractivity contribution in [3.8, 4) is 0 Å². The van der Waals surface area contributed by atoms with Crippen molar-refractivity contribution in [3.63, 3.8) is 0 Å². The SMILES string of the molecule is Cc1ccc([C@@H](O)Cn2cnc3sc4c(c3c2=O)CCC4)cc1C. The number of rotatable bonds is 3. The molecule has 5 heteroatoms. The summed E-state index contributed by atoms with van der Waals surface area (Å²) in [5, 5.41) is 11.3. The third kappa shape index (κ3) is 2.48. The van der Waals surface area contributed by atoms with Crippen LogP contribution in [0.4, 0.5) is 0 Å². The number of aryl methyl sites for hydroxylation is 4. The number of aliphatic hydroxyl groups excluding tert-OH is 1. The highest BCUT2D eigenvalue weighted by atomic mass is 32.1. The molecule has 0 aliphatic heterocycles. The van der Waals surface area contributed by atoms with Crippen molar-refractivity contribution < 1.29 is 5.11 Å². The fourth-order valence-electron chi connectivity index (χ4n) is 3.41. The van der Waals surface area contributed by atoms with E-state index in [1.54, 1.807) is 22.2 Å². The van der Waals surface area contributed by atoms with Crippen LogP contribution in [0, 0.1) is 13.8 Å². The molecule has 1 aliphatic carbocycles. The van der Waals surface area contributed by atoms with Crippen LogP contribution in [0.25, 0.3) is 10.2 Å². The fourth-order valence-corrected chi connectivity index (χ4v) is 4.63. The predicted molar refractivity (Wildman–Crippen MR) is 96.8 cm³/mol. The molecule has 0 saturated heterocycles. The topological polar surface area (TPSA) is 55.1 Å². The highest BCUT2D eigenvalue weighted by Gasteiger charge is 2.22. The second kappa shape index (κ2) is 5.83. The summed E-state index contributed by atoms with van der Waals surface area (Å²) in [6.45, 7) is 4.31. The zero-order valence-corrected chi connectivity index (χ0v) is 14.7. The highest BCUT2D eigenvalue weighted by molar-refractivity contribution is 7.18. The number of aliphatic hydroxyl groups is 1. The number of fused-ring (bicyclic) bond motifs is 3. The Morgan fingerprint density at radius 3 is 2.92 bits per heavy atom. The highest BCUT2D eigenvalue weighted by Crippen LogP contribution is 2.34. The number of hydrogen-bond acceptors (Lipinski definition) is 4. The molecule has 0 fully saturated rings. The number of nitrogens with zero attached hydrogens (tertiary/aromatic N) is 2. The lowest BCUT2D eigenvalue weighted by Gasteiger charge is -2.14. The molecule has 24 heavy (non-hydrogen) atoms. The molecule has 2 aromatic heterocycles. The average Bonchev–Trinajstić information content (AvgIpc) is 3.13. The molecule has 4 rings (SSSR count). The van der Waals surface area contributed by atoms with Crippen molar-refractivity contribution in [1.29, 1.82) is 0 Å². The summed E-state index contributed by atoms with van der Waals surface area (Å²) in [5.74, 6) is 0. The van der Waals surface area contributed by atoms with Crippen LogP contribution in [-0.2, 0) is 19.4 Å². The largest absolute Gasteiger partial charge is 0.387 e. The lowest BCUT2D eigenvalue weighted by atomic mass is 10.0. The lowest BCUT2D eigenvalue weighted by Crippen LogP contribution is -2.24. The molecule has 4 nitrogen and oxygen atoms in total. The van der Waals surface area contributed by atoms with Gasteiger partial charge in [-0.25, -0.2) is 4.98 Å². The number of aromatic nitrogens is 2. The van der Waals surface area contributed by atoms with Gasteiger partial charge in [-0.2, -0.15) is 0 Å². The maximum absolute atomic E-state index is 12.9. The van der Waals surface area contributed by atoms with Crippen LogP contribution in [0.5, 0.6) is 0 Å². The van der Waals surface area contributed by atoms with E-state index < -0.39 is 6.10 Å². The Bertz CT molecular complexity index is 987. The first-order chi connectivity index (χ1) is 11.5. The van der Waals surface area contributed by atoms with Crippen LogP contribution >= 0.6 is 11.3 Å². The Hall–Kier alpha value is -1.98. The van der Waals surface area contributed by atoms with Gasteiger partial charge in [0.15, 0.2) is 0 Å². The lowest BCUT2D eigenvalue weighted by molar-refractivity contribution is 0.155. The first-order valence-electron chi connectivity index (χ1n) is 8.29. The molecule has 1 N–H and O–H groups in total. The van der Waals surface area contributed by atoms with Crippen LogP contribution in [0.2, 0.25) is 0 Å². The second-order valence-corrected chi connectivity index (χ2v) is 7.68. The molecule has 1 aromatic carbocycles. The molecule has 0 amide bonds. The normalized spacial score (nSPS) is 15.0. The van der Waals surface area contributed by atoms with Crippen LogP contribution in [-0.4, -0.2) is 14.7 Å². The predicted octanol–water partition coefficient (Wildman–Crippen LogP) is 3.30. The Kier molecular flexibility index (Phi) is 3.77. The second-order valence-electron chi connectivity index (χ2n) is 6.60. The van der Waals surface area contributed by atoms with Crippen molar-refractivity contribution >= 4 is 21.6 Å². The van der Waals surface area contributed by atoms with Crippen molar-refractivity contribution in [3.05, 3.63) is 62.0 Å². The van der Waals surface area contributed by atoms with Crippen molar-refractivity contribution in [2.45, 2.75) is 45.8 Å². The van der Waals surface area contributed by atoms with Gasteiger partial charge in [-0.15, -0.1) is 11.3 Å². The minimum absolute atomic E-state index is 0.0257. The van der Waals surface area contributed by atoms with E-state index in [1.165, 1.54) is 16.0 Å². The average molecular weight is 340 g/mol. The summed E-state index contributed by atoms with van der Waals surface area (Å²) in [6.07, 6.45) is 4.00. The van der Waals surface area contributed by atoms with E-state index in [0.717, 1.165) is 40.6 Å². The molecule has 0 radical (unpaired) electrons. The van der Waals surface area contributed by atoms with E-state index in [-0.39, 0.29) is 12.1 Å². The van der Waals surface area contributed by atoms with E-state index in [9.17, 15) is 9.90 Å². The number of hydrogen-bond donors (Lipinski definition) is 1. The van der Waals surface area contributed by atoms with Gasteiger partial charge in [0.2, 0.25) is 0 Å². The van der Waals surface area contributed by atoms with Gasteiger partial charge in [0.1, 0.15) is 4.83 Å². The van der Waals surface area contributed by atoms with E-state index in [0.29, 0.717) is 0 Å². The zero-order chi connectivity index (χ0) is 16.8. The minimum atomic E-state index is -0.715. The maximum atomic E-state index is 12.9. The van der Waals surface area contributed by atoms with Gasteiger partial charge in [-0.3, -0.25) is 9.36 Å². The minimum Gasteiger partial charge on any atom is -0.387 e. The first kappa shape index (κ1) is 15.5. The fraction of sp³-hybridized carbons (Fsp3) is 0.368. The van der Waals surface area contributed by atoms with E-state index in [1.807, 2.05) is 32.0 Å². The summed E-state index contributed by atoms with van der Waals surface area (Å²) >= 11 is 1.64. The number of thiophene rings is 1. The van der Waals surface area contributed by atoms with Gasteiger partial charge in [0.05, 0.1) is 24.4 Å². The summed E-state index contributed by atoms with van der Waals surface area (Å²) in [7, 11) is 0. The van der Waals surface area contributed by atoms with E-state index in [4.69, 9.17) is 0 Å². The third-order valence-corrected chi connectivity index (χ3v) is 6.18. The maximum Gasteiger partial charge on any atom is 0.262 e. The van der Waals surface area contributed by atoms with Crippen molar-refractivity contribution in [1.82, 2.24) is 9.55 Å². The molecule has 0 spiro atoms. The summed E-state index contributed by atoms with van der Waals surface area (Å²) in [6, 6.07) is 5.91. The van der Waals surface area contributed by atoms with Crippen LogP contribution in [0.1, 0.15) is 39.7 Å². The quantitative estimate of drug-likeness (QED) is 0.796. The van der Waals surface area contributed by atoms with Gasteiger partial charge in [-0.05, 0) is 55.4 Å².